The zero-order valence-electron chi connectivity index (χ0n) is 15.1. The molecule has 1 heterocycles. The molecule has 3 aromatic rings. The monoisotopic (exact) mass is 385 g/mol. The Morgan fingerprint density at radius 3 is 2.67 bits per heavy atom. The number of benzene rings is 2. The number of hydrogen-bond donors (Lipinski definition) is 2. The Morgan fingerprint density at radius 2 is 1.93 bits per heavy atom. The minimum absolute atomic E-state index is 0.0610. The van der Waals surface area contributed by atoms with Gasteiger partial charge in [-0.3, -0.25) is 10.1 Å². The van der Waals surface area contributed by atoms with Crippen molar-refractivity contribution in [2.75, 3.05) is 11.1 Å². The average molecular weight is 386 g/mol. The first kappa shape index (κ1) is 18.8. The van der Waals surface area contributed by atoms with Crippen molar-refractivity contribution >= 4 is 39.7 Å². The quantitative estimate of drug-likeness (QED) is 0.393. The summed E-state index contributed by atoms with van der Waals surface area (Å²) in [5.74, 6) is 0.565. The van der Waals surface area contributed by atoms with Gasteiger partial charge in [0.15, 0.2) is 0 Å². The molecule has 1 unspecified atom stereocenters. The number of aromatic nitrogens is 2. The van der Waals surface area contributed by atoms with Crippen molar-refractivity contribution in [3.8, 4) is 0 Å². The number of rotatable bonds is 3. The summed E-state index contributed by atoms with van der Waals surface area (Å²) in [7, 11) is 0. The van der Waals surface area contributed by atoms with Crippen LogP contribution in [0, 0.1) is 10.1 Å². The fraction of sp³-hybridized carbons (Fsp3) is 0.263. The number of nitrogen functional groups attached to an aromatic ring is 1. The molecule has 1 aliphatic rings. The topological polar surface area (TPSA) is 107 Å². The van der Waals surface area contributed by atoms with E-state index in [1.807, 2.05) is 32.0 Å². The highest BCUT2D eigenvalue weighted by atomic mass is 35.5. The Balaban J connectivity index is 0.00000102. The molecule has 1 aromatic heterocycles. The molecule has 4 rings (SSSR count). The number of halogens is 1. The van der Waals surface area contributed by atoms with Crippen molar-refractivity contribution in [3.05, 3.63) is 62.9 Å². The third-order valence-electron chi connectivity index (χ3n) is 4.40. The van der Waals surface area contributed by atoms with E-state index in [0.29, 0.717) is 16.7 Å². The van der Waals surface area contributed by atoms with Crippen molar-refractivity contribution in [2.45, 2.75) is 32.7 Å². The van der Waals surface area contributed by atoms with Crippen LogP contribution in [0.3, 0.4) is 0 Å². The highest BCUT2D eigenvalue weighted by Gasteiger charge is 2.23. The lowest BCUT2D eigenvalue weighted by Crippen LogP contribution is -2.20. The molecule has 27 heavy (non-hydrogen) atoms. The van der Waals surface area contributed by atoms with Gasteiger partial charge in [-0.05, 0) is 42.2 Å². The molecule has 8 heteroatoms. The van der Waals surface area contributed by atoms with Crippen LogP contribution >= 0.6 is 11.6 Å². The Kier molecular flexibility index (Phi) is 5.41. The molecule has 0 fully saturated rings. The van der Waals surface area contributed by atoms with Gasteiger partial charge in [-0.15, -0.1) is 0 Å². The number of nitro benzene ring substituents is 1. The number of nitrogens with zero attached hydrogens (tertiary/aromatic N) is 3. The molecule has 1 aliphatic carbocycles. The summed E-state index contributed by atoms with van der Waals surface area (Å²) in [6, 6.07) is 8.97. The Bertz CT molecular complexity index is 1010. The molecule has 2 aromatic carbocycles. The molecular formula is C19H20ClN5O2. The summed E-state index contributed by atoms with van der Waals surface area (Å²) in [5.41, 5.74) is 9.46. The number of nitrogens with two attached hydrogens (primary N) is 1. The summed E-state index contributed by atoms with van der Waals surface area (Å²) < 4.78 is 0. The number of anilines is 2. The standard InChI is InChI=1S/C17H14ClN5O2.C2H6/c18-14-7-15-13(6-16(14)23(24)25)17(21-8-20-15)22-12-4-9-1-2-11(19)3-10(9)5-12;1-2/h1-3,6-8,12H,4-5,19H2,(H,20,21,22);1-2H3. The van der Waals surface area contributed by atoms with Crippen LogP contribution in [0.1, 0.15) is 25.0 Å². The van der Waals surface area contributed by atoms with Gasteiger partial charge in [0.05, 0.1) is 10.4 Å². The van der Waals surface area contributed by atoms with Gasteiger partial charge in [0.25, 0.3) is 5.69 Å². The summed E-state index contributed by atoms with van der Waals surface area (Å²) in [6.07, 6.45) is 3.09. The molecule has 0 aliphatic heterocycles. The first-order valence-electron chi connectivity index (χ1n) is 8.74. The minimum atomic E-state index is -0.507. The highest BCUT2D eigenvalue weighted by molar-refractivity contribution is 6.33. The molecule has 0 saturated heterocycles. The second-order valence-corrected chi connectivity index (χ2v) is 6.49. The SMILES string of the molecule is CC.Nc1ccc2c(c1)CC(Nc1ncnc3cc(Cl)c([N+](=O)[O-])cc13)C2. The van der Waals surface area contributed by atoms with E-state index in [9.17, 15) is 10.1 Å². The lowest BCUT2D eigenvalue weighted by molar-refractivity contribution is -0.384. The summed E-state index contributed by atoms with van der Waals surface area (Å²) in [5, 5.41) is 15.2. The Hall–Kier alpha value is -2.93. The molecule has 0 amide bonds. The molecule has 0 radical (unpaired) electrons. The first-order valence-corrected chi connectivity index (χ1v) is 9.11. The first-order chi connectivity index (χ1) is 13.0. The third-order valence-corrected chi connectivity index (χ3v) is 4.71. The summed E-state index contributed by atoms with van der Waals surface area (Å²) >= 11 is 5.96. The van der Waals surface area contributed by atoms with Crippen molar-refractivity contribution in [1.29, 1.82) is 0 Å². The van der Waals surface area contributed by atoms with Gasteiger partial charge in [-0.2, -0.15) is 0 Å². The van der Waals surface area contributed by atoms with Crippen LogP contribution in [-0.2, 0) is 12.8 Å². The van der Waals surface area contributed by atoms with Crippen molar-refractivity contribution in [2.24, 2.45) is 0 Å². The second-order valence-electron chi connectivity index (χ2n) is 6.08. The van der Waals surface area contributed by atoms with Gasteiger partial charge >= 0.3 is 0 Å². The zero-order chi connectivity index (χ0) is 19.6. The molecule has 7 nitrogen and oxygen atoms in total. The van der Waals surface area contributed by atoms with E-state index in [1.54, 1.807) is 0 Å². The fourth-order valence-electron chi connectivity index (χ4n) is 3.25. The van der Waals surface area contributed by atoms with Gasteiger partial charge in [0, 0.05) is 23.2 Å². The predicted octanol–water partition coefficient (Wildman–Crippen LogP) is 4.38. The molecule has 0 spiro atoms. The molecule has 3 N–H and O–H groups in total. The lowest BCUT2D eigenvalue weighted by atomic mass is 10.1. The van der Waals surface area contributed by atoms with E-state index < -0.39 is 4.92 Å². The summed E-state index contributed by atoms with van der Waals surface area (Å²) in [6.45, 7) is 4.00. The third kappa shape index (κ3) is 3.78. The largest absolute Gasteiger partial charge is 0.399 e. The molecule has 0 saturated carbocycles. The maximum absolute atomic E-state index is 11.2. The number of hydrogen-bond acceptors (Lipinski definition) is 6. The molecular weight excluding hydrogens is 366 g/mol. The smallest absolute Gasteiger partial charge is 0.288 e. The fourth-order valence-corrected chi connectivity index (χ4v) is 3.48. The van der Waals surface area contributed by atoms with Crippen LogP contribution in [0.15, 0.2) is 36.7 Å². The maximum atomic E-state index is 11.2. The molecule has 0 bridgehead atoms. The van der Waals surface area contributed by atoms with Gasteiger partial charge in [-0.25, -0.2) is 9.97 Å². The predicted molar refractivity (Wildman–Crippen MR) is 108 cm³/mol. The average Bonchev–Trinajstić information content (AvgIpc) is 3.04. The Labute approximate surface area is 161 Å². The van der Waals surface area contributed by atoms with Crippen LogP contribution < -0.4 is 11.1 Å². The van der Waals surface area contributed by atoms with E-state index in [-0.39, 0.29) is 16.8 Å². The van der Waals surface area contributed by atoms with Gasteiger partial charge in [-0.1, -0.05) is 31.5 Å². The van der Waals surface area contributed by atoms with E-state index >= 15 is 0 Å². The second kappa shape index (κ2) is 7.75. The highest BCUT2D eigenvalue weighted by Crippen LogP contribution is 2.33. The van der Waals surface area contributed by atoms with Crippen LogP contribution in [0.2, 0.25) is 5.02 Å². The van der Waals surface area contributed by atoms with Crippen molar-refractivity contribution in [3.63, 3.8) is 0 Å². The summed E-state index contributed by atoms with van der Waals surface area (Å²) in [4.78, 5) is 19.1. The van der Waals surface area contributed by atoms with Crippen LogP contribution in [0.5, 0.6) is 0 Å². The van der Waals surface area contributed by atoms with Gasteiger partial charge in [0.2, 0.25) is 0 Å². The number of fused-ring (bicyclic) bond motifs is 2. The van der Waals surface area contributed by atoms with E-state index in [4.69, 9.17) is 17.3 Å². The van der Waals surface area contributed by atoms with Crippen molar-refractivity contribution in [1.82, 2.24) is 9.97 Å². The van der Waals surface area contributed by atoms with Crippen LogP contribution in [0.25, 0.3) is 10.9 Å². The van der Waals surface area contributed by atoms with Crippen LogP contribution in [-0.4, -0.2) is 20.9 Å². The number of nitro groups is 1. The van der Waals surface area contributed by atoms with Gasteiger partial charge < -0.3 is 11.1 Å². The van der Waals surface area contributed by atoms with E-state index in [1.165, 1.54) is 29.6 Å². The van der Waals surface area contributed by atoms with E-state index in [2.05, 4.69) is 15.3 Å². The number of nitrogens with one attached hydrogen (secondary N) is 1. The van der Waals surface area contributed by atoms with Gasteiger partial charge in [0.1, 0.15) is 17.2 Å². The lowest BCUT2D eigenvalue weighted by Gasteiger charge is -2.14. The Morgan fingerprint density at radius 1 is 1.19 bits per heavy atom. The molecule has 140 valence electrons. The van der Waals surface area contributed by atoms with Crippen LogP contribution in [0.4, 0.5) is 17.2 Å². The minimum Gasteiger partial charge on any atom is -0.399 e. The van der Waals surface area contributed by atoms with Crippen molar-refractivity contribution < 1.29 is 4.92 Å². The maximum Gasteiger partial charge on any atom is 0.288 e. The molecule has 1 atom stereocenters. The zero-order valence-corrected chi connectivity index (χ0v) is 15.8. The normalized spacial score (nSPS) is 15.0. The van der Waals surface area contributed by atoms with E-state index in [0.717, 1.165) is 18.5 Å².